The van der Waals surface area contributed by atoms with E-state index in [1.807, 2.05) is 0 Å². The molecule has 0 spiro atoms. The van der Waals surface area contributed by atoms with E-state index in [2.05, 4.69) is 4.90 Å². The Morgan fingerprint density at radius 2 is 1.89 bits per heavy atom. The summed E-state index contributed by atoms with van der Waals surface area (Å²) in [5.74, 6) is -1.56. The number of halogens is 2. The van der Waals surface area contributed by atoms with Crippen LogP contribution >= 0.6 is 0 Å². The Labute approximate surface area is 113 Å². The molecule has 1 fully saturated rings. The third-order valence-corrected chi connectivity index (χ3v) is 3.88. The van der Waals surface area contributed by atoms with Gasteiger partial charge in [0.15, 0.2) is 11.6 Å². The third kappa shape index (κ3) is 3.74. The predicted molar refractivity (Wildman–Crippen MR) is 70.7 cm³/mol. The maximum atomic E-state index is 13.7. The van der Waals surface area contributed by atoms with Crippen LogP contribution in [0.4, 0.5) is 8.78 Å². The van der Waals surface area contributed by atoms with Crippen LogP contribution < -0.4 is 0 Å². The van der Waals surface area contributed by atoms with Gasteiger partial charge in [0.2, 0.25) is 0 Å². The first kappa shape index (κ1) is 14.4. The Balaban J connectivity index is 2.08. The SMILES string of the molecule is OCCN(Cc1cccc(F)c1F)C1CCCCC1. The number of hydrogen-bond donors (Lipinski definition) is 1. The Hall–Kier alpha value is -1.00. The number of aliphatic hydroxyl groups excluding tert-OH is 1. The molecule has 1 saturated carbocycles. The summed E-state index contributed by atoms with van der Waals surface area (Å²) in [5.41, 5.74) is 0.374. The van der Waals surface area contributed by atoms with E-state index in [1.165, 1.54) is 25.3 Å². The molecule has 2 rings (SSSR count). The van der Waals surface area contributed by atoms with Crippen LogP contribution in [0.5, 0.6) is 0 Å². The van der Waals surface area contributed by atoms with Crippen molar-refractivity contribution in [2.75, 3.05) is 13.2 Å². The third-order valence-electron chi connectivity index (χ3n) is 3.88. The normalized spacial score (nSPS) is 17.1. The number of aliphatic hydroxyl groups is 1. The van der Waals surface area contributed by atoms with E-state index in [9.17, 15) is 8.78 Å². The van der Waals surface area contributed by atoms with E-state index < -0.39 is 11.6 Å². The summed E-state index contributed by atoms with van der Waals surface area (Å²) >= 11 is 0. The molecule has 0 saturated heterocycles. The molecule has 0 unspecified atom stereocenters. The molecular formula is C15H21F2NO. The first-order chi connectivity index (χ1) is 9.22. The average molecular weight is 269 g/mol. The summed E-state index contributed by atoms with van der Waals surface area (Å²) < 4.78 is 26.9. The summed E-state index contributed by atoms with van der Waals surface area (Å²) in [5, 5.41) is 9.16. The van der Waals surface area contributed by atoms with Gasteiger partial charge in [0, 0.05) is 24.7 Å². The molecule has 1 aliphatic carbocycles. The smallest absolute Gasteiger partial charge is 0.163 e. The fraction of sp³-hybridized carbons (Fsp3) is 0.600. The van der Waals surface area contributed by atoms with Gasteiger partial charge in [-0.25, -0.2) is 8.78 Å². The van der Waals surface area contributed by atoms with Crippen molar-refractivity contribution in [3.05, 3.63) is 35.4 Å². The lowest BCUT2D eigenvalue weighted by molar-refractivity contribution is 0.116. The van der Waals surface area contributed by atoms with Crippen molar-refractivity contribution in [2.45, 2.75) is 44.7 Å². The van der Waals surface area contributed by atoms with Gasteiger partial charge in [0.1, 0.15) is 0 Å². The van der Waals surface area contributed by atoms with Crippen LogP contribution in [0.25, 0.3) is 0 Å². The number of benzene rings is 1. The fourth-order valence-electron chi connectivity index (χ4n) is 2.85. The maximum Gasteiger partial charge on any atom is 0.163 e. The van der Waals surface area contributed by atoms with Crippen molar-refractivity contribution in [3.63, 3.8) is 0 Å². The summed E-state index contributed by atoms with van der Waals surface area (Å²) in [6.07, 6.45) is 5.77. The summed E-state index contributed by atoms with van der Waals surface area (Å²) in [7, 11) is 0. The number of nitrogens with zero attached hydrogens (tertiary/aromatic N) is 1. The molecule has 1 aromatic rings. The van der Waals surface area contributed by atoms with Gasteiger partial charge in [-0.2, -0.15) is 0 Å². The zero-order valence-corrected chi connectivity index (χ0v) is 11.1. The second kappa shape index (κ2) is 6.96. The van der Waals surface area contributed by atoms with Crippen LogP contribution in [-0.4, -0.2) is 29.2 Å². The standard InChI is InChI=1S/C15H21F2NO/c16-14-8-4-5-12(15(14)17)11-18(9-10-19)13-6-2-1-3-7-13/h4-5,8,13,19H,1-3,6-7,9-11H2. The van der Waals surface area contributed by atoms with Crippen molar-refractivity contribution in [1.82, 2.24) is 4.90 Å². The van der Waals surface area contributed by atoms with Gasteiger partial charge in [-0.3, -0.25) is 4.90 Å². The minimum Gasteiger partial charge on any atom is -0.395 e. The van der Waals surface area contributed by atoms with Crippen molar-refractivity contribution in [2.24, 2.45) is 0 Å². The van der Waals surface area contributed by atoms with E-state index in [-0.39, 0.29) is 6.61 Å². The van der Waals surface area contributed by atoms with Gasteiger partial charge in [-0.05, 0) is 18.9 Å². The molecule has 0 aromatic heterocycles. The molecule has 1 N–H and O–H groups in total. The van der Waals surface area contributed by atoms with Gasteiger partial charge in [-0.1, -0.05) is 31.4 Å². The zero-order chi connectivity index (χ0) is 13.7. The minimum atomic E-state index is -0.801. The molecule has 0 radical (unpaired) electrons. The Morgan fingerprint density at radius 3 is 2.58 bits per heavy atom. The quantitative estimate of drug-likeness (QED) is 0.888. The highest BCUT2D eigenvalue weighted by atomic mass is 19.2. The topological polar surface area (TPSA) is 23.5 Å². The first-order valence-corrected chi connectivity index (χ1v) is 7.00. The van der Waals surface area contributed by atoms with Gasteiger partial charge in [-0.15, -0.1) is 0 Å². The predicted octanol–water partition coefficient (Wildman–Crippen LogP) is 3.09. The summed E-state index contributed by atoms with van der Waals surface area (Å²) in [4.78, 5) is 2.08. The van der Waals surface area contributed by atoms with Gasteiger partial charge < -0.3 is 5.11 Å². The van der Waals surface area contributed by atoms with Gasteiger partial charge in [0.05, 0.1) is 6.61 Å². The van der Waals surface area contributed by atoms with Crippen molar-refractivity contribution in [3.8, 4) is 0 Å². The monoisotopic (exact) mass is 269 g/mol. The highest BCUT2D eigenvalue weighted by Crippen LogP contribution is 2.24. The molecular weight excluding hydrogens is 248 g/mol. The van der Waals surface area contributed by atoms with Crippen LogP contribution in [0.2, 0.25) is 0 Å². The molecule has 1 aliphatic rings. The van der Waals surface area contributed by atoms with Crippen molar-refractivity contribution in [1.29, 1.82) is 0 Å². The molecule has 0 atom stereocenters. The first-order valence-electron chi connectivity index (χ1n) is 7.00. The maximum absolute atomic E-state index is 13.7. The van der Waals surface area contributed by atoms with Crippen molar-refractivity contribution < 1.29 is 13.9 Å². The highest BCUT2D eigenvalue weighted by molar-refractivity contribution is 5.19. The molecule has 19 heavy (non-hydrogen) atoms. The van der Waals surface area contributed by atoms with Crippen LogP contribution in [-0.2, 0) is 6.54 Å². The van der Waals surface area contributed by atoms with Crippen LogP contribution in [0.1, 0.15) is 37.7 Å². The highest BCUT2D eigenvalue weighted by Gasteiger charge is 2.22. The largest absolute Gasteiger partial charge is 0.395 e. The zero-order valence-electron chi connectivity index (χ0n) is 11.1. The molecule has 106 valence electrons. The lowest BCUT2D eigenvalue weighted by Gasteiger charge is -2.34. The van der Waals surface area contributed by atoms with E-state index >= 15 is 0 Å². The molecule has 1 aromatic carbocycles. The number of hydrogen-bond acceptors (Lipinski definition) is 2. The lowest BCUT2D eigenvalue weighted by Crippen LogP contribution is -2.38. The van der Waals surface area contributed by atoms with E-state index in [1.54, 1.807) is 6.07 Å². The molecule has 2 nitrogen and oxygen atoms in total. The van der Waals surface area contributed by atoms with E-state index in [4.69, 9.17) is 5.11 Å². The van der Waals surface area contributed by atoms with Crippen LogP contribution in [0, 0.1) is 11.6 Å². The molecule has 0 bridgehead atoms. The summed E-state index contributed by atoms with van der Waals surface area (Å²) in [6, 6.07) is 4.66. The average Bonchev–Trinajstić information content (AvgIpc) is 2.44. The molecule has 0 heterocycles. The molecule has 0 aliphatic heterocycles. The Bertz CT molecular complexity index is 405. The van der Waals surface area contributed by atoms with E-state index in [0.29, 0.717) is 24.7 Å². The fourth-order valence-corrected chi connectivity index (χ4v) is 2.85. The van der Waals surface area contributed by atoms with Crippen LogP contribution in [0.3, 0.4) is 0 Å². The Morgan fingerprint density at radius 1 is 1.16 bits per heavy atom. The van der Waals surface area contributed by atoms with E-state index in [0.717, 1.165) is 18.9 Å². The van der Waals surface area contributed by atoms with Crippen LogP contribution in [0.15, 0.2) is 18.2 Å². The van der Waals surface area contributed by atoms with Gasteiger partial charge in [0.25, 0.3) is 0 Å². The Kier molecular flexibility index (Phi) is 5.28. The summed E-state index contributed by atoms with van der Waals surface area (Å²) in [6.45, 7) is 0.933. The lowest BCUT2D eigenvalue weighted by atomic mass is 9.94. The molecule has 4 heteroatoms. The van der Waals surface area contributed by atoms with Gasteiger partial charge >= 0.3 is 0 Å². The second-order valence-corrected chi connectivity index (χ2v) is 5.20. The number of rotatable bonds is 5. The second-order valence-electron chi connectivity index (χ2n) is 5.20. The molecule has 0 amide bonds. The van der Waals surface area contributed by atoms with Crippen molar-refractivity contribution >= 4 is 0 Å². The minimum absolute atomic E-state index is 0.0490.